The van der Waals surface area contributed by atoms with E-state index in [1.54, 1.807) is 0 Å². The Hall–Kier alpha value is -1.45. The molecule has 0 unspecified atom stereocenters. The third-order valence-electron chi connectivity index (χ3n) is 3.63. The zero-order valence-corrected chi connectivity index (χ0v) is 9.38. The molecule has 2 rings (SSSR count). The molecule has 1 aromatic carbocycles. The van der Waals surface area contributed by atoms with Crippen LogP contribution in [0.25, 0.3) is 0 Å². The Bertz CT molecular complexity index is 437. The first kappa shape index (κ1) is 12.0. The van der Waals surface area contributed by atoms with Crippen LogP contribution < -0.4 is 0 Å². The van der Waals surface area contributed by atoms with Crippen LogP contribution in [-0.2, 0) is 16.9 Å². The monoisotopic (exact) mass is 240 g/mol. The van der Waals surface area contributed by atoms with Crippen LogP contribution in [0.5, 0.6) is 0 Å². The van der Waals surface area contributed by atoms with E-state index in [0.29, 0.717) is 18.4 Å². The molecule has 0 atom stereocenters. The molecule has 2 nitrogen and oxygen atoms in total. The Morgan fingerprint density at radius 2 is 2.00 bits per heavy atom. The molecule has 0 aromatic heterocycles. The van der Waals surface area contributed by atoms with Crippen molar-refractivity contribution in [2.45, 2.75) is 37.8 Å². The lowest BCUT2D eigenvalue weighted by atomic mass is 9.77. The predicted molar refractivity (Wildman–Crippen MR) is 59.0 cm³/mol. The van der Waals surface area contributed by atoms with Crippen molar-refractivity contribution in [1.29, 1.82) is 0 Å². The Morgan fingerprint density at radius 1 is 1.35 bits per heavy atom. The van der Waals surface area contributed by atoms with Gasteiger partial charge in [0.1, 0.15) is 12.5 Å². The van der Waals surface area contributed by atoms with Gasteiger partial charge in [-0.15, -0.1) is 0 Å². The molecule has 1 aromatic rings. The highest BCUT2D eigenvalue weighted by Gasteiger charge is 2.44. The van der Waals surface area contributed by atoms with E-state index in [2.05, 4.69) is 0 Å². The first-order chi connectivity index (χ1) is 8.12. The molecule has 92 valence electrons. The highest BCUT2D eigenvalue weighted by Crippen LogP contribution is 2.43. The number of aliphatic carboxylic acids is 1. The second kappa shape index (κ2) is 4.43. The average Bonchev–Trinajstić information content (AvgIpc) is 2.78. The van der Waals surface area contributed by atoms with Gasteiger partial charge in [0, 0.05) is 5.56 Å². The van der Waals surface area contributed by atoms with Gasteiger partial charge in [-0.05, 0) is 24.5 Å². The Labute approximate surface area is 98.3 Å². The molecule has 4 heteroatoms. The number of rotatable bonds is 3. The van der Waals surface area contributed by atoms with E-state index in [0.717, 1.165) is 12.8 Å². The molecular formula is C13H14F2O2. The summed E-state index contributed by atoms with van der Waals surface area (Å²) in [5, 5.41) is 9.38. The molecule has 1 saturated carbocycles. The Balaban J connectivity index is 2.58. The maximum Gasteiger partial charge on any atom is 0.314 e. The van der Waals surface area contributed by atoms with Crippen LogP contribution in [0.4, 0.5) is 8.78 Å². The number of benzene rings is 1. The highest BCUT2D eigenvalue weighted by atomic mass is 19.1. The SMILES string of the molecule is O=C(O)C1(c2cccc(F)c2CF)CCCC1. The zero-order valence-electron chi connectivity index (χ0n) is 9.38. The third kappa shape index (κ3) is 1.81. The van der Waals surface area contributed by atoms with E-state index in [4.69, 9.17) is 0 Å². The summed E-state index contributed by atoms with van der Waals surface area (Å²) in [7, 11) is 0. The van der Waals surface area contributed by atoms with Crippen LogP contribution in [0.3, 0.4) is 0 Å². The molecule has 0 amide bonds. The smallest absolute Gasteiger partial charge is 0.314 e. The lowest BCUT2D eigenvalue weighted by molar-refractivity contribution is -0.143. The quantitative estimate of drug-likeness (QED) is 0.880. The number of carboxylic acids is 1. The summed E-state index contributed by atoms with van der Waals surface area (Å²) in [6.45, 7) is -0.961. The maximum absolute atomic E-state index is 13.5. The molecule has 1 fully saturated rings. The molecule has 1 aliphatic carbocycles. The zero-order chi connectivity index (χ0) is 12.5. The summed E-state index contributed by atoms with van der Waals surface area (Å²) >= 11 is 0. The second-order valence-electron chi connectivity index (χ2n) is 4.49. The van der Waals surface area contributed by atoms with Crippen molar-refractivity contribution < 1.29 is 18.7 Å². The fraction of sp³-hybridized carbons (Fsp3) is 0.462. The van der Waals surface area contributed by atoms with Gasteiger partial charge in [-0.2, -0.15) is 0 Å². The fourth-order valence-corrected chi connectivity index (χ4v) is 2.72. The summed E-state index contributed by atoms with van der Waals surface area (Å²) in [5.74, 6) is -1.63. The van der Waals surface area contributed by atoms with Crippen LogP contribution >= 0.6 is 0 Å². The number of carbonyl (C=O) groups is 1. The molecule has 0 radical (unpaired) electrons. The molecular weight excluding hydrogens is 226 g/mol. The number of carboxylic acid groups (broad SMARTS) is 1. The van der Waals surface area contributed by atoms with E-state index >= 15 is 0 Å². The normalized spacial score (nSPS) is 18.2. The minimum atomic E-state index is -1.09. The predicted octanol–water partition coefficient (Wildman–Crippen LogP) is 3.19. The first-order valence-electron chi connectivity index (χ1n) is 5.69. The Morgan fingerprint density at radius 3 is 2.53 bits per heavy atom. The standard InChI is InChI=1S/C13H14F2O2/c14-8-9-10(4-3-5-11(9)15)13(12(16)17)6-1-2-7-13/h3-5H,1-2,6-8H2,(H,16,17). The van der Waals surface area contributed by atoms with Crippen molar-refractivity contribution in [3.63, 3.8) is 0 Å². The molecule has 17 heavy (non-hydrogen) atoms. The molecule has 0 spiro atoms. The van der Waals surface area contributed by atoms with E-state index in [1.807, 2.05) is 0 Å². The van der Waals surface area contributed by atoms with E-state index in [1.165, 1.54) is 18.2 Å². The van der Waals surface area contributed by atoms with Gasteiger partial charge in [-0.3, -0.25) is 4.79 Å². The van der Waals surface area contributed by atoms with Crippen molar-refractivity contribution in [2.75, 3.05) is 0 Å². The molecule has 0 aliphatic heterocycles. The molecule has 1 N–H and O–H groups in total. The van der Waals surface area contributed by atoms with Crippen molar-refractivity contribution in [3.05, 3.63) is 35.1 Å². The van der Waals surface area contributed by atoms with E-state index in [9.17, 15) is 18.7 Å². The number of hydrogen-bond donors (Lipinski definition) is 1. The highest BCUT2D eigenvalue weighted by molar-refractivity contribution is 5.82. The van der Waals surface area contributed by atoms with Crippen molar-refractivity contribution >= 4 is 5.97 Å². The lowest BCUT2D eigenvalue weighted by Gasteiger charge is -2.26. The third-order valence-corrected chi connectivity index (χ3v) is 3.63. The van der Waals surface area contributed by atoms with Gasteiger partial charge in [0.25, 0.3) is 0 Å². The van der Waals surface area contributed by atoms with E-state index < -0.39 is 23.9 Å². The number of hydrogen-bond acceptors (Lipinski definition) is 1. The first-order valence-corrected chi connectivity index (χ1v) is 5.69. The van der Waals surface area contributed by atoms with Gasteiger partial charge in [0.05, 0.1) is 5.41 Å². The van der Waals surface area contributed by atoms with E-state index in [-0.39, 0.29) is 5.56 Å². The molecule has 0 saturated heterocycles. The number of alkyl halides is 1. The van der Waals surface area contributed by atoms with Gasteiger partial charge >= 0.3 is 5.97 Å². The van der Waals surface area contributed by atoms with Crippen LogP contribution in [0.15, 0.2) is 18.2 Å². The van der Waals surface area contributed by atoms with Crippen molar-refractivity contribution in [2.24, 2.45) is 0 Å². The van der Waals surface area contributed by atoms with Gasteiger partial charge in [-0.25, -0.2) is 8.78 Å². The molecule has 0 bridgehead atoms. The summed E-state index contributed by atoms with van der Waals surface area (Å²) in [6.07, 6.45) is 2.49. The summed E-state index contributed by atoms with van der Waals surface area (Å²) in [6, 6.07) is 4.16. The molecule has 1 aliphatic rings. The number of halogens is 2. The second-order valence-corrected chi connectivity index (χ2v) is 4.49. The Kier molecular flexibility index (Phi) is 3.13. The summed E-state index contributed by atoms with van der Waals surface area (Å²) < 4.78 is 26.4. The summed E-state index contributed by atoms with van der Waals surface area (Å²) in [5.41, 5.74) is -0.884. The van der Waals surface area contributed by atoms with Gasteiger partial charge < -0.3 is 5.11 Å². The maximum atomic E-state index is 13.5. The van der Waals surface area contributed by atoms with Crippen LogP contribution in [0, 0.1) is 5.82 Å². The average molecular weight is 240 g/mol. The molecule has 0 heterocycles. The van der Waals surface area contributed by atoms with Gasteiger partial charge in [0.15, 0.2) is 0 Å². The minimum absolute atomic E-state index is 0.100. The fourth-order valence-electron chi connectivity index (χ4n) is 2.72. The lowest BCUT2D eigenvalue weighted by Crippen LogP contribution is -2.33. The van der Waals surface area contributed by atoms with Crippen LogP contribution in [-0.4, -0.2) is 11.1 Å². The van der Waals surface area contributed by atoms with Gasteiger partial charge in [-0.1, -0.05) is 25.0 Å². The largest absolute Gasteiger partial charge is 0.481 e. The van der Waals surface area contributed by atoms with Crippen LogP contribution in [0.1, 0.15) is 36.8 Å². The summed E-state index contributed by atoms with van der Waals surface area (Å²) in [4.78, 5) is 11.5. The topological polar surface area (TPSA) is 37.3 Å². The van der Waals surface area contributed by atoms with Crippen molar-refractivity contribution in [3.8, 4) is 0 Å². The van der Waals surface area contributed by atoms with Crippen molar-refractivity contribution in [1.82, 2.24) is 0 Å². The van der Waals surface area contributed by atoms with Gasteiger partial charge in [0.2, 0.25) is 0 Å². The van der Waals surface area contributed by atoms with Crippen LogP contribution in [0.2, 0.25) is 0 Å². The minimum Gasteiger partial charge on any atom is -0.481 e.